The highest BCUT2D eigenvalue weighted by molar-refractivity contribution is 5.95. The first-order valence-electron chi connectivity index (χ1n) is 8.56. The van der Waals surface area contributed by atoms with Gasteiger partial charge in [-0.2, -0.15) is 5.10 Å². The summed E-state index contributed by atoms with van der Waals surface area (Å²) in [5.74, 6) is -0.195. The molecular formula is C17H28N4O3. The number of hydrogen-bond donors (Lipinski definition) is 1. The number of amides is 1. The van der Waals surface area contributed by atoms with Crippen molar-refractivity contribution in [2.24, 2.45) is 13.0 Å². The molecule has 2 rings (SSSR count). The van der Waals surface area contributed by atoms with Gasteiger partial charge in [0.25, 0.3) is 0 Å². The maximum absolute atomic E-state index is 12.6. The number of ether oxygens (including phenoxy) is 1. The van der Waals surface area contributed by atoms with Gasteiger partial charge < -0.3 is 10.1 Å². The summed E-state index contributed by atoms with van der Waals surface area (Å²) in [7, 11) is 1.86. The Labute approximate surface area is 143 Å². The zero-order valence-electron chi connectivity index (χ0n) is 15.3. The van der Waals surface area contributed by atoms with E-state index in [1.54, 1.807) is 4.68 Å². The van der Waals surface area contributed by atoms with Crippen molar-refractivity contribution < 1.29 is 14.3 Å². The fourth-order valence-electron chi connectivity index (χ4n) is 3.13. The van der Waals surface area contributed by atoms with Crippen molar-refractivity contribution in [2.45, 2.75) is 46.6 Å². The lowest BCUT2D eigenvalue weighted by molar-refractivity contribution is -0.149. The van der Waals surface area contributed by atoms with Crippen LogP contribution in [0.2, 0.25) is 0 Å². The number of piperidine rings is 1. The molecule has 0 spiro atoms. The number of hydrogen-bond acceptors (Lipinski definition) is 5. The molecule has 0 radical (unpaired) electrons. The van der Waals surface area contributed by atoms with Gasteiger partial charge in [0, 0.05) is 7.05 Å². The van der Waals surface area contributed by atoms with Crippen LogP contribution in [-0.2, 0) is 21.4 Å². The van der Waals surface area contributed by atoms with Crippen LogP contribution in [0.15, 0.2) is 0 Å². The lowest BCUT2D eigenvalue weighted by Crippen LogP contribution is -2.47. The molecule has 0 bridgehead atoms. The standard InChI is InChI=1S/C17H28N4O3/c1-6-24-17(23)14-7-9-21(10-8-14)13(4)16(22)18-15-11(2)19-20(5)12(15)3/h13-14H,6-10H2,1-5H3,(H,18,22)/t13-/m1/s1. The normalized spacial score (nSPS) is 17.5. The third-order valence-electron chi connectivity index (χ3n) is 4.83. The minimum absolute atomic E-state index is 0.0382. The molecule has 1 aromatic heterocycles. The fraction of sp³-hybridized carbons (Fsp3) is 0.706. The monoisotopic (exact) mass is 336 g/mol. The molecule has 134 valence electrons. The van der Waals surface area contributed by atoms with Crippen molar-refractivity contribution >= 4 is 17.6 Å². The molecule has 0 aromatic carbocycles. The summed E-state index contributed by atoms with van der Waals surface area (Å²) in [6, 6.07) is -0.243. The van der Waals surface area contributed by atoms with Gasteiger partial charge in [-0.15, -0.1) is 0 Å². The number of carbonyl (C=O) groups is 2. The first-order chi connectivity index (χ1) is 11.3. The highest BCUT2D eigenvalue weighted by Gasteiger charge is 2.30. The summed E-state index contributed by atoms with van der Waals surface area (Å²) >= 11 is 0. The van der Waals surface area contributed by atoms with Crippen LogP contribution in [0.1, 0.15) is 38.1 Å². The first-order valence-corrected chi connectivity index (χ1v) is 8.56. The van der Waals surface area contributed by atoms with E-state index in [4.69, 9.17) is 4.74 Å². The Hall–Kier alpha value is -1.89. The number of rotatable bonds is 5. The summed E-state index contributed by atoms with van der Waals surface area (Å²) in [5, 5.41) is 7.31. The predicted molar refractivity (Wildman–Crippen MR) is 91.7 cm³/mol. The number of esters is 1. The maximum Gasteiger partial charge on any atom is 0.309 e. The molecule has 1 atom stereocenters. The summed E-state index contributed by atoms with van der Waals surface area (Å²) in [5.41, 5.74) is 2.54. The zero-order chi connectivity index (χ0) is 17.9. The van der Waals surface area contributed by atoms with Crippen LogP contribution in [0.5, 0.6) is 0 Å². The van der Waals surface area contributed by atoms with Crippen LogP contribution in [0.25, 0.3) is 0 Å². The molecule has 7 nitrogen and oxygen atoms in total. The van der Waals surface area contributed by atoms with E-state index in [1.165, 1.54) is 0 Å². The van der Waals surface area contributed by atoms with Gasteiger partial charge in [-0.25, -0.2) is 0 Å². The van der Waals surface area contributed by atoms with E-state index in [1.807, 2.05) is 34.7 Å². The number of nitrogens with one attached hydrogen (secondary N) is 1. The fourth-order valence-corrected chi connectivity index (χ4v) is 3.13. The van der Waals surface area contributed by atoms with Gasteiger partial charge >= 0.3 is 5.97 Å². The van der Waals surface area contributed by atoms with Crippen LogP contribution >= 0.6 is 0 Å². The molecule has 0 unspecified atom stereocenters. The molecule has 1 aromatic rings. The molecule has 7 heteroatoms. The van der Waals surface area contributed by atoms with Crippen molar-refractivity contribution in [1.29, 1.82) is 0 Å². The van der Waals surface area contributed by atoms with E-state index in [0.29, 0.717) is 6.61 Å². The number of nitrogens with zero attached hydrogens (tertiary/aromatic N) is 3. The minimum atomic E-state index is -0.243. The Balaban J connectivity index is 1.91. The Morgan fingerprint density at radius 1 is 1.33 bits per heavy atom. The topological polar surface area (TPSA) is 76.5 Å². The smallest absolute Gasteiger partial charge is 0.309 e. The number of aryl methyl sites for hydroxylation is 2. The number of carbonyl (C=O) groups excluding carboxylic acids is 2. The Kier molecular flexibility index (Phi) is 5.99. The molecule has 24 heavy (non-hydrogen) atoms. The van der Waals surface area contributed by atoms with Gasteiger partial charge in [0.2, 0.25) is 5.91 Å². The summed E-state index contributed by atoms with van der Waals surface area (Å²) in [6.45, 7) is 9.42. The van der Waals surface area contributed by atoms with Gasteiger partial charge in [-0.3, -0.25) is 19.2 Å². The lowest BCUT2D eigenvalue weighted by Gasteiger charge is -2.34. The molecule has 1 amide bonds. The highest BCUT2D eigenvalue weighted by atomic mass is 16.5. The van der Waals surface area contributed by atoms with Crippen molar-refractivity contribution in [3.8, 4) is 0 Å². The quantitative estimate of drug-likeness (QED) is 0.827. The Morgan fingerprint density at radius 3 is 2.46 bits per heavy atom. The van der Waals surface area contributed by atoms with Crippen LogP contribution < -0.4 is 5.32 Å². The molecule has 0 saturated carbocycles. The van der Waals surface area contributed by atoms with E-state index in [-0.39, 0.29) is 23.8 Å². The van der Waals surface area contributed by atoms with E-state index in [9.17, 15) is 9.59 Å². The average molecular weight is 336 g/mol. The first kappa shape index (κ1) is 18.4. The van der Waals surface area contributed by atoms with Crippen molar-refractivity contribution in [1.82, 2.24) is 14.7 Å². The molecule has 1 N–H and O–H groups in total. The SMILES string of the molecule is CCOC(=O)C1CCN([C@H](C)C(=O)Nc2c(C)nn(C)c2C)CC1. The van der Waals surface area contributed by atoms with Crippen LogP contribution in [-0.4, -0.2) is 52.3 Å². The van der Waals surface area contributed by atoms with E-state index in [0.717, 1.165) is 43.0 Å². The van der Waals surface area contributed by atoms with Crippen LogP contribution in [0, 0.1) is 19.8 Å². The maximum atomic E-state index is 12.6. The number of likely N-dealkylation sites (tertiary alicyclic amines) is 1. The van der Waals surface area contributed by atoms with Gasteiger partial charge in [0.05, 0.1) is 35.6 Å². The van der Waals surface area contributed by atoms with Gasteiger partial charge in [-0.05, 0) is 53.6 Å². The van der Waals surface area contributed by atoms with Crippen molar-refractivity contribution in [3.63, 3.8) is 0 Å². The van der Waals surface area contributed by atoms with Crippen LogP contribution in [0.3, 0.4) is 0 Å². The minimum Gasteiger partial charge on any atom is -0.466 e. The summed E-state index contributed by atoms with van der Waals surface area (Å²) in [6.07, 6.45) is 1.48. The Morgan fingerprint density at radius 2 is 1.96 bits per heavy atom. The van der Waals surface area contributed by atoms with Crippen molar-refractivity contribution in [2.75, 3.05) is 25.0 Å². The van der Waals surface area contributed by atoms with Gasteiger partial charge in [0.1, 0.15) is 0 Å². The van der Waals surface area contributed by atoms with Gasteiger partial charge in [-0.1, -0.05) is 0 Å². The predicted octanol–water partition coefficient (Wildman–Crippen LogP) is 1.64. The second-order valence-corrected chi connectivity index (χ2v) is 6.40. The number of anilines is 1. The third-order valence-corrected chi connectivity index (χ3v) is 4.83. The molecule has 1 aliphatic heterocycles. The highest BCUT2D eigenvalue weighted by Crippen LogP contribution is 2.22. The molecule has 2 heterocycles. The molecule has 1 aliphatic rings. The summed E-state index contributed by atoms with van der Waals surface area (Å²) in [4.78, 5) is 26.5. The van der Waals surface area contributed by atoms with Crippen LogP contribution in [0.4, 0.5) is 5.69 Å². The second kappa shape index (κ2) is 7.79. The second-order valence-electron chi connectivity index (χ2n) is 6.40. The van der Waals surface area contributed by atoms with Gasteiger partial charge in [0.15, 0.2) is 0 Å². The molecular weight excluding hydrogens is 308 g/mol. The molecule has 1 fully saturated rings. The lowest BCUT2D eigenvalue weighted by atomic mass is 9.96. The largest absolute Gasteiger partial charge is 0.466 e. The van der Waals surface area contributed by atoms with Crippen molar-refractivity contribution in [3.05, 3.63) is 11.4 Å². The Bertz CT molecular complexity index is 603. The van der Waals surface area contributed by atoms with E-state index < -0.39 is 0 Å². The number of aromatic nitrogens is 2. The van der Waals surface area contributed by atoms with E-state index in [2.05, 4.69) is 15.3 Å². The zero-order valence-corrected chi connectivity index (χ0v) is 15.3. The van der Waals surface area contributed by atoms with E-state index >= 15 is 0 Å². The summed E-state index contributed by atoms with van der Waals surface area (Å²) < 4.78 is 6.85. The third kappa shape index (κ3) is 3.95. The molecule has 0 aliphatic carbocycles. The average Bonchev–Trinajstić information content (AvgIpc) is 2.80. The molecule has 1 saturated heterocycles.